The molecule has 0 spiro atoms. The van der Waals surface area contributed by atoms with Gasteiger partial charge in [-0.2, -0.15) is 0 Å². The first-order chi connectivity index (χ1) is 8.57. The normalized spacial score (nSPS) is 16.9. The minimum Gasteiger partial charge on any atom is -0.495 e. The lowest BCUT2D eigenvalue weighted by Gasteiger charge is -2.39. The van der Waals surface area contributed by atoms with Crippen LogP contribution in [0.2, 0.25) is 5.02 Å². The fraction of sp³-hybridized carbons (Fsp3) is 0.538. The summed E-state index contributed by atoms with van der Waals surface area (Å²) in [7, 11) is 4.71. The van der Waals surface area contributed by atoms with E-state index in [4.69, 9.17) is 31.5 Å². The van der Waals surface area contributed by atoms with Crippen LogP contribution in [0.5, 0.6) is 17.2 Å². The van der Waals surface area contributed by atoms with Gasteiger partial charge in [-0.15, -0.1) is 0 Å². The van der Waals surface area contributed by atoms with Crippen LogP contribution < -0.4 is 19.9 Å². The molecular formula is C13H18ClNO3. The number of hydrogen-bond donors (Lipinski definition) is 1. The highest BCUT2D eigenvalue weighted by atomic mass is 35.5. The molecule has 1 aliphatic carbocycles. The van der Waals surface area contributed by atoms with Gasteiger partial charge in [0.15, 0.2) is 11.5 Å². The molecule has 0 bridgehead atoms. The Morgan fingerprint density at radius 1 is 1.11 bits per heavy atom. The minimum atomic E-state index is -0.367. The molecule has 0 aromatic heterocycles. The quantitative estimate of drug-likeness (QED) is 0.915. The molecule has 1 aromatic carbocycles. The first kappa shape index (κ1) is 13.3. The number of methoxy groups -OCH3 is 3. The Kier molecular flexibility index (Phi) is 3.59. The van der Waals surface area contributed by atoms with Crippen LogP contribution in [-0.4, -0.2) is 21.3 Å². The molecule has 1 fully saturated rings. The first-order valence-electron chi connectivity index (χ1n) is 5.85. The van der Waals surface area contributed by atoms with Gasteiger partial charge in [-0.25, -0.2) is 0 Å². The predicted molar refractivity (Wildman–Crippen MR) is 70.8 cm³/mol. The Morgan fingerprint density at radius 2 is 1.72 bits per heavy atom. The Hall–Kier alpha value is -1.13. The molecule has 18 heavy (non-hydrogen) atoms. The number of halogens is 1. The standard InChI is InChI=1S/C13H18ClNO3/c1-16-9-7-8(13(15)5-4-6-13)11(17-2)10(14)12(9)18-3/h7H,4-6,15H2,1-3H3. The molecule has 0 heterocycles. The Bertz CT molecular complexity index is 458. The van der Waals surface area contributed by atoms with Crippen LogP contribution in [0.1, 0.15) is 24.8 Å². The van der Waals surface area contributed by atoms with Crippen LogP contribution in [0, 0.1) is 0 Å². The van der Waals surface area contributed by atoms with E-state index in [2.05, 4.69) is 0 Å². The average Bonchev–Trinajstić information content (AvgIpc) is 2.34. The second-order valence-electron chi connectivity index (χ2n) is 4.52. The largest absolute Gasteiger partial charge is 0.495 e. The van der Waals surface area contributed by atoms with Crippen molar-refractivity contribution in [3.8, 4) is 17.2 Å². The van der Waals surface area contributed by atoms with Crippen molar-refractivity contribution in [2.75, 3.05) is 21.3 Å². The summed E-state index contributed by atoms with van der Waals surface area (Å²) >= 11 is 6.30. The third-order valence-corrected chi connectivity index (χ3v) is 3.90. The van der Waals surface area contributed by atoms with Crippen molar-refractivity contribution in [2.45, 2.75) is 24.8 Å². The summed E-state index contributed by atoms with van der Waals surface area (Å²) in [5.41, 5.74) is 6.87. The average molecular weight is 272 g/mol. The van der Waals surface area contributed by atoms with E-state index in [1.54, 1.807) is 21.3 Å². The molecule has 0 radical (unpaired) electrons. The summed E-state index contributed by atoms with van der Waals surface area (Å²) in [5, 5.41) is 0.408. The van der Waals surface area contributed by atoms with E-state index in [9.17, 15) is 0 Å². The van der Waals surface area contributed by atoms with Crippen molar-refractivity contribution in [3.63, 3.8) is 0 Å². The van der Waals surface area contributed by atoms with Crippen LogP contribution >= 0.6 is 11.6 Å². The highest BCUT2D eigenvalue weighted by molar-refractivity contribution is 6.34. The molecule has 0 aliphatic heterocycles. The summed E-state index contributed by atoms with van der Waals surface area (Å²) in [5.74, 6) is 1.63. The van der Waals surface area contributed by atoms with Gasteiger partial charge >= 0.3 is 0 Å². The van der Waals surface area contributed by atoms with E-state index in [0.29, 0.717) is 22.3 Å². The molecule has 5 heteroatoms. The van der Waals surface area contributed by atoms with Crippen molar-refractivity contribution in [1.29, 1.82) is 0 Å². The monoisotopic (exact) mass is 271 g/mol. The van der Waals surface area contributed by atoms with Gasteiger partial charge in [0.25, 0.3) is 0 Å². The third-order valence-electron chi connectivity index (χ3n) is 3.55. The highest BCUT2D eigenvalue weighted by Crippen LogP contribution is 2.51. The molecule has 100 valence electrons. The molecule has 4 nitrogen and oxygen atoms in total. The number of rotatable bonds is 4. The van der Waals surface area contributed by atoms with Crippen LogP contribution in [0.25, 0.3) is 0 Å². The van der Waals surface area contributed by atoms with Gasteiger partial charge in [0, 0.05) is 11.1 Å². The molecule has 1 aromatic rings. The molecular weight excluding hydrogens is 254 g/mol. The minimum absolute atomic E-state index is 0.367. The van der Waals surface area contributed by atoms with E-state index in [0.717, 1.165) is 24.8 Å². The molecule has 0 atom stereocenters. The van der Waals surface area contributed by atoms with E-state index < -0.39 is 0 Å². The van der Waals surface area contributed by atoms with Gasteiger partial charge in [-0.1, -0.05) is 11.6 Å². The van der Waals surface area contributed by atoms with Crippen molar-refractivity contribution >= 4 is 11.6 Å². The molecule has 0 saturated heterocycles. The summed E-state index contributed by atoms with van der Waals surface area (Å²) in [6.45, 7) is 0. The van der Waals surface area contributed by atoms with Crippen molar-refractivity contribution < 1.29 is 14.2 Å². The number of benzene rings is 1. The lowest BCUT2D eigenvalue weighted by molar-refractivity contribution is 0.241. The van der Waals surface area contributed by atoms with Gasteiger partial charge < -0.3 is 19.9 Å². The molecule has 0 unspecified atom stereocenters. The molecule has 2 N–H and O–H groups in total. The van der Waals surface area contributed by atoms with E-state index in [-0.39, 0.29) is 5.54 Å². The summed E-state index contributed by atoms with van der Waals surface area (Å²) < 4.78 is 15.9. The van der Waals surface area contributed by atoms with Crippen molar-refractivity contribution in [1.82, 2.24) is 0 Å². The third kappa shape index (κ3) is 1.89. The van der Waals surface area contributed by atoms with Crippen LogP contribution in [0.15, 0.2) is 6.07 Å². The maximum atomic E-state index is 6.35. The fourth-order valence-electron chi connectivity index (χ4n) is 2.33. The number of hydrogen-bond acceptors (Lipinski definition) is 4. The number of ether oxygens (including phenoxy) is 3. The Labute approximate surface area is 112 Å². The van der Waals surface area contributed by atoms with Gasteiger partial charge in [0.1, 0.15) is 10.8 Å². The molecule has 1 aliphatic rings. The van der Waals surface area contributed by atoms with Crippen molar-refractivity contribution in [3.05, 3.63) is 16.7 Å². The van der Waals surface area contributed by atoms with E-state index >= 15 is 0 Å². The maximum absolute atomic E-state index is 6.35. The SMILES string of the molecule is COc1cc(C2(N)CCC2)c(OC)c(Cl)c1OC. The maximum Gasteiger partial charge on any atom is 0.183 e. The zero-order valence-corrected chi connectivity index (χ0v) is 11.6. The zero-order chi connectivity index (χ0) is 13.3. The molecule has 2 rings (SSSR count). The second kappa shape index (κ2) is 4.86. The molecule has 0 amide bonds. The first-order valence-corrected chi connectivity index (χ1v) is 6.23. The Morgan fingerprint density at radius 3 is 2.11 bits per heavy atom. The smallest absolute Gasteiger partial charge is 0.183 e. The summed E-state index contributed by atoms with van der Waals surface area (Å²) in [6.07, 6.45) is 2.97. The van der Waals surface area contributed by atoms with Gasteiger partial charge in [-0.05, 0) is 25.3 Å². The van der Waals surface area contributed by atoms with Gasteiger partial charge in [0.05, 0.1) is 21.3 Å². The molecule has 1 saturated carbocycles. The topological polar surface area (TPSA) is 53.7 Å². The predicted octanol–water partition coefficient (Wildman–Crippen LogP) is 2.70. The lowest BCUT2D eigenvalue weighted by Crippen LogP contribution is -2.43. The van der Waals surface area contributed by atoms with Crippen LogP contribution in [0.4, 0.5) is 0 Å². The van der Waals surface area contributed by atoms with E-state index in [1.165, 1.54) is 0 Å². The zero-order valence-electron chi connectivity index (χ0n) is 10.9. The number of nitrogens with two attached hydrogens (primary N) is 1. The highest BCUT2D eigenvalue weighted by Gasteiger charge is 2.39. The van der Waals surface area contributed by atoms with Crippen molar-refractivity contribution in [2.24, 2.45) is 5.73 Å². The van der Waals surface area contributed by atoms with Crippen LogP contribution in [0.3, 0.4) is 0 Å². The van der Waals surface area contributed by atoms with Gasteiger partial charge in [-0.3, -0.25) is 0 Å². The Balaban J connectivity index is 2.62. The summed E-state index contributed by atoms with van der Waals surface area (Å²) in [4.78, 5) is 0. The van der Waals surface area contributed by atoms with Crippen LogP contribution in [-0.2, 0) is 5.54 Å². The van der Waals surface area contributed by atoms with Gasteiger partial charge in [0.2, 0.25) is 0 Å². The fourth-order valence-corrected chi connectivity index (χ4v) is 2.68. The van der Waals surface area contributed by atoms with E-state index in [1.807, 2.05) is 6.07 Å². The second-order valence-corrected chi connectivity index (χ2v) is 4.89. The lowest BCUT2D eigenvalue weighted by atomic mass is 9.72. The summed E-state index contributed by atoms with van der Waals surface area (Å²) in [6, 6.07) is 1.86.